The molecule has 1 heterocycles. The van der Waals surface area contributed by atoms with Gasteiger partial charge in [0, 0.05) is 10.6 Å². The van der Waals surface area contributed by atoms with Crippen molar-refractivity contribution in [2.45, 2.75) is 29.8 Å². The van der Waals surface area contributed by atoms with Crippen molar-refractivity contribution >= 4 is 17.7 Å². The van der Waals surface area contributed by atoms with E-state index in [2.05, 4.69) is 5.32 Å². The lowest BCUT2D eigenvalue weighted by Gasteiger charge is -2.30. The first-order valence-electron chi connectivity index (χ1n) is 7.56. The summed E-state index contributed by atoms with van der Waals surface area (Å²) in [5, 5.41) is 3.00. The van der Waals surface area contributed by atoms with Crippen LogP contribution in [0.5, 0.6) is 0 Å². The SMILES string of the molecule is CC(N)(C(=O)NC1CCSc2ccc(F)cc21)c1ccccc1. The lowest BCUT2D eigenvalue weighted by molar-refractivity contribution is -0.127. The first-order valence-corrected chi connectivity index (χ1v) is 8.54. The van der Waals surface area contributed by atoms with Gasteiger partial charge in [-0.3, -0.25) is 4.79 Å². The van der Waals surface area contributed by atoms with Crippen LogP contribution < -0.4 is 11.1 Å². The number of hydrogen-bond donors (Lipinski definition) is 2. The van der Waals surface area contributed by atoms with Crippen LogP contribution in [-0.2, 0) is 10.3 Å². The number of amides is 1. The zero-order valence-corrected chi connectivity index (χ0v) is 13.7. The maximum absolute atomic E-state index is 13.6. The first-order chi connectivity index (χ1) is 11.0. The van der Waals surface area contributed by atoms with Gasteiger partial charge in [0.2, 0.25) is 5.91 Å². The first kappa shape index (κ1) is 16.0. The Morgan fingerprint density at radius 3 is 2.78 bits per heavy atom. The summed E-state index contributed by atoms with van der Waals surface area (Å²) in [6.45, 7) is 1.70. The van der Waals surface area contributed by atoms with Gasteiger partial charge in [-0.1, -0.05) is 30.3 Å². The maximum atomic E-state index is 13.6. The minimum atomic E-state index is -1.13. The summed E-state index contributed by atoms with van der Waals surface area (Å²) in [5.74, 6) is 0.343. The van der Waals surface area contributed by atoms with E-state index in [-0.39, 0.29) is 17.8 Å². The van der Waals surface area contributed by atoms with Crippen molar-refractivity contribution in [3.63, 3.8) is 0 Å². The van der Waals surface area contributed by atoms with Crippen LogP contribution in [0.2, 0.25) is 0 Å². The molecule has 2 aromatic carbocycles. The fourth-order valence-electron chi connectivity index (χ4n) is 2.74. The van der Waals surface area contributed by atoms with Gasteiger partial charge in [-0.05, 0) is 42.7 Å². The molecule has 3 N–H and O–H groups in total. The molecular weight excluding hydrogens is 311 g/mol. The second kappa shape index (κ2) is 6.34. The third kappa shape index (κ3) is 3.26. The van der Waals surface area contributed by atoms with Crippen molar-refractivity contribution in [2.24, 2.45) is 5.73 Å². The van der Waals surface area contributed by atoms with Gasteiger partial charge in [-0.15, -0.1) is 11.8 Å². The number of hydrogen-bond acceptors (Lipinski definition) is 3. The van der Waals surface area contributed by atoms with Crippen LogP contribution in [0.25, 0.3) is 0 Å². The van der Waals surface area contributed by atoms with Crippen molar-refractivity contribution < 1.29 is 9.18 Å². The summed E-state index contributed by atoms with van der Waals surface area (Å²) in [7, 11) is 0. The molecule has 0 bridgehead atoms. The Morgan fingerprint density at radius 1 is 1.30 bits per heavy atom. The predicted octanol–water partition coefficient (Wildman–Crippen LogP) is 3.35. The number of fused-ring (bicyclic) bond motifs is 1. The van der Waals surface area contributed by atoms with E-state index in [1.165, 1.54) is 12.1 Å². The number of nitrogens with one attached hydrogen (secondary N) is 1. The van der Waals surface area contributed by atoms with Crippen molar-refractivity contribution in [1.82, 2.24) is 5.32 Å². The Bertz CT molecular complexity index is 718. The molecule has 0 aliphatic carbocycles. The van der Waals surface area contributed by atoms with Crippen LogP contribution in [0.15, 0.2) is 53.4 Å². The lowest BCUT2D eigenvalue weighted by atomic mass is 9.91. The molecule has 1 aliphatic rings. The third-order valence-electron chi connectivity index (χ3n) is 4.16. The molecule has 120 valence electrons. The molecule has 3 nitrogen and oxygen atoms in total. The minimum Gasteiger partial charge on any atom is -0.347 e. The van der Waals surface area contributed by atoms with Crippen LogP contribution in [0.3, 0.4) is 0 Å². The van der Waals surface area contributed by atoms with E-state index in [1.54, 1.807) is 24.8 Å². The molecule has 3 rings (SSSR count). The fraction of sp³-hybridized carbons (Fsp3) is 0.278. The van der Waals surface area contributed by atoms with E-state index < -0.39 is 5.54 Å². The van der Waals surface area contributed by atoms with E-state index in [4.69, 9.17) is 5.73 Å². The van der Waals surface area contributed by atoms with Crippen molar-refractivity contribution in [3.05, 3.63) is 65.5 Å². The highest BCUT2D eigenvalue weighted by atomic mass is 32.2. The fourth-order valence-corrected chi connectivity index (χ4v) is 3.84. The number of nitrogens with two attached hydrogens (primary N) is 1. The number of carbonyl (C=O) groups is 1. The molecule has 1 aliphatic heterocycles. The highest BCUT2D eigenvalue weighted by molar-refractivity contribution is 7.99. The summed E-state index contributed by atoms with van der Waals surface area (Å²) in [4.78, 5) is 13.7. The molecule has 0 radical (unpaired) electrons. The summed E-state index contributed by atoms with van der Waals surface area (Å²) in [5.41, 5.74) is 6.72. The third-order valence-corrected chi connectivity index (χ3v) is 5.28. The van der Waals surface area contributed by atoms with Gasteiger partial charge in [-0.2, -0.15) is 0 Å². The van der Waals surface area contributed by atoms with Gasteiger partial charge in [0.25, 0.3) is 0 Å². The maximum Gasteiger partial charge on any atom is 0.244 e. The Labute approximate surface area is 139 Å². The molecule has 0 saturated carbocycles. The van der Waals surface area contributed by atoms with Crippen LogP contribution in [-0.4, -0.2) is 11.7 Å². The second-order valence-corrected chi connectivity index (χ2v) is 7.05. The Balaban J connectivity index is 1.83. The highest BCUT2D eigenvalue weighted by Gasteiger charge is 2.33. The topological polar surface area (TPSA) is 55.1 Å². The standard InChI is InChI=1S/C18H19FN2OS/c1-18(20,12-5-3-2-4-6-12)17(22)21-15-9-10-23-16-8-7-13(19)11-14(15)16/h2-8,11,15H,9-10,20H2,1H3,(H,21,22). The van der Waals surface area contributed by atoms with Gasteiger partial charge in [0.15, 0.2) is 0 Å². The van der Waals surface area contributed by atoms with Gasteiger partial charge in [0.05, 0.1) is 6.04 Å². The number of halogens is 1. The number of thioether (sulfide) groups is 1. The Morgan fingerprint density at radius 2 is 2.04 bits per heavy atom. The summed E-state index contributed by atoms with van der Waals surface area (Å²) in [6, 6.07) is 13.8. The van der Waals surface area contributed by atoms with E-state index in [0.717, 1.165) is 28.2 Å². The molecule has 23 heavy (non-hydrogen) atoms. The normalized spacial score (nSPS) is 19.5. The van der Waals surface area contributed by atoms with E-state index >= 15 is 0 Å². The van der Waals surface area contributed by atoms with Crippen LogP contribution in [0.1, 0.15) is 30.5 Å². The summed E-state index contributed by atoms with van der Waals surface area (Å²) >= 11 is 1.68. The van der Waals surface area contributed by atoms with Crippen LogP contribution in [0, 0.1) is 5.82 Å². The minimum absolute atomic E-state index is 0.207. The van der Waals surface area contributed by atoms with E-state index in [1.807, 2.05) is 30.3 Å². The van der Waals surface area contributed by atoms with E-state index in [0.29, 0.717) is 0 Å². The predicted molar refractivity (Wildman–Crippen MR) is 90.6 cm³/mol. The molecule has 2 atom stereocenters. The number of rotatable bonds is 3. The molecule has 1 amide bonds. The van der Waals surface area contributed by atoms with Crippen molar-refractivity contribution in [3.8, 4) is 0 Å². The molecule has 0 spiro atoms. The molecular formula is C18H19FN2OS. The average Bonchev–Trinajstić information content (AvgIpc) is 2.56. The molecule has 2 aromatic rings. The molecule has 5 heteroatoms. The average molecular weight is 330 g/mol. The molecule has 2 unspecified atom stereocenters. The lowest BCUT2D eigenvalue weighted by Crippen LogP contribution is -2.50. The number of benzene rings is 2. The van der Waals surface area contributed by atoms with Crippen LogP contribution >= 0.6 is 11.8 Å². The zero-order chi connectivity index (χ0) is 16.4. The molecule has 0 aromatic heterocycles. The van der Waals surface area contributed by atoms with E-state index in [9.17, 15) is 9.18 Å². The monoisotopic (exact) mass is 330 g/mol. The van der Waals surface area contributed by atoms with Gasteiger partial charge in [-0.25, -0.2) is 4.39 Å². The van der Waals surface area contributed by atoms with Gasteiger partial charge in [0.1, 0.15) is 11.4 Å². The van der Waals surface area contributed by atoms with Gasteiger partial charge >= 0.3 is 0 Å². The summed E-state index contributed by atoms with van der Waals surface area (Å²) in [6.07, 6.45) is 0.762. The van der Waals surface area contributed by atoms with Crippen LogP contribution in [0.4, 0.5) is 4.39 Å². The quantitative estimate of drug-likeness (QED) is 0.907. The van der Waals surface area contributed by atoms with Gasteiger partial charge < -0.3 is 11.1 Å². The Hall–Kier alpha value is -1.85. The zero-order valence-electron chi connectivity index (χ0n) is 12.9. The molecule has 0 fully saturated rings. The highest BCUT2D eigenvalue weighted by Crippen LogP contribution is 2.36. The smallest absolute Gasteiger partial charge is 0.244 e. The number of carbonyl (C=O) groups excluding carboxylic acids is 1. The summed E-state index contributed by atoms with van der Waals surface area (Å²) < 4.78 is 13.6. The second-order valence-electron chi connectivity index (χ2n) is 5.91. The van der Waals surface area contributed by atoms with Crippen molar-refractivity contribution in [1.29, 1.82) is 0 Å². The largest absolute Gasteiger partial charge is 0.347 e. The van der Waals surface area contributed by atoms with Crippen molar-refractivity contribution in [2.75, 3.05) is 5.75 Å². The Kier molecular flexibility index (Phi) is 4.41. The molecule has 0 saturated heterocycles.